The van der Waals surface area contributed by atoms with Crippen molar-refractivity contribution in [1.82, 2.24) is 14.7 Å². The monoisotopic (exact) mass is 672 g/mol. The maximum atomic E-state index is 9.40. The molecule has 242 valence electrons. The molecule has 45 heavy (non-hydrogen) atoms. The third kappa shape index (κ3) is 10.0. The lowest BCUT2D eigenvalue weighted by molar-refractivity contribution is 0.173. The van der Waals surface area contributed by atoms with Gasteiger partial charge in [0.1, 0.15) is 0 Å². The van der Waals surface area contributed by atoms with E-state index >= 15 is 0 Å². The SMILES string of the molecule is C=C(C)\C(=C/C(=C/N(C)C)C(/C)=C\C)n1nc(C2=CC=CC(=NCC)/C2=C\C)c(C(C)C)c1C.CCC(O)c1ccc(Br)cc1. The lowest BCUT2D eigenvalue weighted by atomic mass is 9.88. The second kappa shape index (κ2) is 17.9. The first-order valence-electron chi connectivity index (χ1n) is 15.8. The molecule has 0 aliphatic heterocycles. The first kappa shape index (κ1) is 37.7. The Balaban J connectivity index is 0.000000537. The van der Waals surface area contributed by atoms with Crippen LogP contribution in [-0.2, 0) is 0 Å². The van der Waals surface area contributed by atoms with Gasteiger partial charge in [0.25, 0.3) is 0 Å². The van der Waals surface area contributed by atoms with Gasteiger partial charge in [0.05, 0.1) is 23.2 Å². The molecule has 0 saturated carbocycles. The largest absolute Gasteiger partial charge is 0.388 e. The molecule has 0 saturated heterocycles. The highest BCUT2D eigenvalue weighted by atomic mass is 79.9. The Hall–Kier alpha value is -3.48. The van der Waals surface area contributed by atoms with E-state index < -0.39 is 0 Å². The van der Waals surface area contributed by atoms with Gasteiger partial charge in [0.15, 0.2) is 0 Å². The molecule has 1 aliphatic carbocycles. The Morgan fingerprint density at radius 3 is 2.27 bits per heavy atom. The third-order valence-corrected chi connectivity index (χ3v) is 8.11. The molecule has 2 aromatic rings. The van der Waals surface area contributed by atoms with Crippen LogP contribution in [0.5, 0.6) is 0 Å². The average molecular weight is 674 g/mol. The van der Waals surface area contributed by atoms with E-state index in [4.69, 9.17) is 10.1 Å². The Morgan fingerprint density at radius 1 is 1.13 bits per heavy atom. The van der Waals surface area contributed by atoms with Gasteiger partial charge in [-0.3, -0.25) is 4.99 Å². The van der Waals surface area contributed by atoms with Crippen LogP contribution in [0.3, 0.4) is 0 Å². The van der Waals surface area contributed by atoms with E-state index in [1.54, 1.807) is 0 Å². The fourth-order valence-electron chi connectivity index (χ4n) is 5.14. The second-order valence-electron chi connectivity index (χ2n) is 11.7. The summed E-state index contributed by atoms with van der Waals surface area (Å²) in [6, 6.07) is 7.74. The summed E-state index contributed by atoms with van der Waals surface area (Å²) < 4.78 is 3.12. The van der Waals surface area contributed by atoms with Gasteiger partial charge in [-0.1, -0.05) is 79.7 Å². The standard InChI is InChI=1S/C30H42N4.C9H11BrO/c1-12-22(8)24(19-33(10)11)18-28(20(4)5)34-23(9)29(21(6)7)30(32-34)26-16-15-17-27(31-14-3)25(26)13-2;1-2-9(11)7-3-5-8(10)6-4-7/h12-13,15-19,21H,4,14H2,1-3,5-11H3;3-6,9,11H,2H2,1H3/b22-12-,24-19-,25-13-,28-18+,31-27?;. The fourth-order valence-corrected chi connectivity index (χ4v) is 5.41. The zero-order valence-corrected chi connectivity index (χ0v) is 30.8. The van der Waals surface area contributed by atoms with Gasteiger partial charge in [-0.15, -0.1) is 0 Å². The van der Waals surface area contributed by atoms with Crippen molar-refractivity contribution in [2.75, 3.05) is 20.6 Å². The molecule has 3 rings (SSSR count). The number of nitrogens with zero attached hydrogens (tertiary/aromatic N) is 4. The molecular weight excluding hydrogens is 620 g/mol. The van der Waals surface area contributed by atoms with E-state index in [0.717, 1.165) is 68.1 Å². The van der Waals surface area contributed by atoms with Crippen molar-refractivity contribution >= 4 is 32.9 Å². The molecule has 5 nitrogen and oxygen atoms in total. The molecule has 0 bridgehead atoms. The van der Waals surface area contributed by atoms with Crippen molar-refractivity contribution in [3.05, 3.63) is 123 Å². The third-order valence-electron chi connectivity index (χ3n) is 7.58. The highest BCUT2D eigenvalue weighted by Crippen LogP contribution is 2.36. The summed E-state index contributed by atoms with van der Waals surface area (Å²) in [6.07, 6.45) is 15.4. The van der Waals surface area contributed by atoms with Crippen molar-refractivity contribution in [2.24, 2.45) is 4.99 Å². The van der Waals surface area contributed by atoms with Crippen molar-refractivity contribution in [3.63, 3.8) is 0 Å². The van der Waals surface area contributed by atoms with Crippen LogP contribution in [0.15, 0.2) is 105 Å². The number of benzene rings is 1. The zero-order valence-electron chi connectivity index (χ0n) is 29.2. The molecule has 0 radical (unpaired) electrons. The molecule has 6 heteroatoms. The van der Waals surface area contributed by atoms with Crippen molar-refractivity contribution < 1.29 is 5.11 Å². The summed E-state index contributed by atoms with van der Waals surface area (Å²) in [5.41, 5.74) is 12.0. The van der Waals surface area contributed by atoms with Crippen LogP contribution in [0.25, 0.3) is 11.3 Å². The summed E-state index contributed by atoms with van der Waals surface area (Å²) in [5.74, 6) is 0.320. The maximum absolute atomic E-state index is 9.40. The summed E-state index contributed by atoms with van der Waals surface area (Å²) in [7, 11) is 4.09. The number of hydrogen-bond acceptors (Lipinski definition) is 4. The van der Waals surface area contributed by atoms with Crippen LogP contribution in [0.4, 0.5) is 0 Å². The number of allylic oxidation sites excluding steroid dienone is 12. The minimum atomic E-state index is -0.317. The molecule has 1 N–H and O–H groups in total. The molecule has 0 fully saturated rings. The fraction of sp³-hybridized carbons (Fsp3) is 0.385. The van der Waals surface area contributed by atoms with Crippen LogP contribution in [0.2, 0.25) is 0 Å². The zero-order chi connectivity index (χ0) is 33.8. The lowest BCUT2D eigenvalue weighted by Crippen LogP contribution is -2.09. The second-order valence-corrected chi connectivity index (χ2v) is 12.6. The van der Waals surface area contributed by atoms with E-state index in [0.29, 0.717) is 5.92 Å². The van der Waals surface area contributed by atoms with Crippen molar-refractivity contribution in [1.29, 1.82) is 0 Å². The van der Waals surface area contributed by atoms with Crippen LogP contribution < -0.4 is 0 Å². The predicted octanol–water partition coefficient (Wildman–Crippen LogP) is 10.4. The Bertz CT molecular complexity index is 1540. The first-order valence-corrected chi connectivity index (χ1v) is 16.6. The predicted molar refractivity (Wildman–Crippen MR) is 200 cm³/mol. The molecule has 1 aromatic carbocycles. The van der Waals surface area contributed by atoms with E-state index in [-0.39, 0.29) is 6.10 Å². The summed E-state index contributed by atoms with van der Waals surface area (Å²) in [4.78, 5) is 6.79. The minimum absolute atomic E-state index is 0.317. The Morgan fingerprint density at radius 2 is 1.78 bits per heavy atom. The Labute approximate surface area is 281 Å². The van der Waals surface area contributed by atoms with E-state index in [2.05, 4.69) is 123 Å². The van der Waals surface area contributed by atoms with Gasteiger partial charge in [0, 0.05) is 53.7 Å². The Kier molecular flexibility index (Phi) is 15.0. The van der Waals surface area contributed by atoms with Crippen LogP contribution >= 0.6 is 15.9 Å². The van der Waals surface area contributed by atoms with Gasteiger partial charge >= 0.3 is 0 Å². The number of aromatic nitrogens is 2. The molecule has 1 aliphatic rings. The topological polar surface area (TPSA) is 53.7 Å². The smallest absolute Gasteiger partial charge is 0.0971 e. The van der Waals surface area contributed by atoms with E-state index in [1.807, 2.05) is 52.2 Å². The van der Waals surface area contributed by atoms with Crippen molar-refractivity contribution in [2.45, 2.75) is 80.8 Å². The molecule has 1 unspecified atom stereocenters. The molecular formula is C39H53BrN4O. The van der Waals surface area contributed by atoms with E-state index in [9.17, 15) is 5.11 Å². The average Bonchev–Trinajstić information content (AvgIpc) is 3.35. The normalized spacial score (nSPS) is 16.6. The van der Waals surface area contributed by atoms with Gasteiger partial charge in [-0.05, 0) is 100 Å². The quantitative estimate of drug-likeness (QED) is 0.256. The molecule has 0 amide bonds. The number of halogens is 1. The van der Waals surface area contributed by atoms with Crippen molar-refractivity contribution in [3.8, 4) is 0 Å². The highest BCUT2D eigenvalue weighted by Gasteiger charge is 2.25. The van der Waals surface area contributed by atoms with Gasteiger partial charge in [-0.2, -0.15) is 5.10 Å². The first-order chi connectivity index (χ1) is 21.3. The number of aliphatic imine (C=N–C) groups is 1. The van der Waals surface area contributed by atoms with Crippen LogP contribution in [0, 0.1) is 6.92 Å². The summed E-state index contributed by atoms with van der Waals surface area (Å²) in [6.45, 7) is 24.1. The minimum Gasteiger partial charge on any atom is -0.388 e. The van der Waals surface area contributed by atoms with Gasteiger partial charge in [0.2, 0.25) is 0 Å². The van der Waals surface area contributed by atoms with Crippen LogP contribution in [-0.4, -0.2) is 46.1 Å². The molecule has 0 spiro atoms. The molecule has 1 aromatic heterocycles. The molecule has 1 heterocycles. The maximum Gasteiger partial charge on any atom is 0.0971 e. The number of rotatable bonds is 10. The van der Waals surface area contributed by atoms with Crippen LogP contribution in [0.1, 0.15) is 96.3 Å². The number of aliphatic hydroxyl groups excluding tert-OH is 1. The highest BCUT2D eigenvalue weighted by molar-refractivity contribution is 9.10. The van der Waals surface area contributed by atoms with Gasteiger partial charge in [-0.25, -0.2) is 4.68 Å². The van der Waals surface area contributed by atoms with Gasteiger partial charge < -0.3 is 10.0 Å². The summed E-state index contributed by atoms with van der Waals surface area (Å²) in [5, 5.41) is 14.6. The number of aliphatic hydroxyl groups is 1. The van der Waals surface area contributed by atoms with E-state index in [1.165, 1.54) is 11.1 Å². The lowest BCUT2D eigenvalue weighted by Gasteiger charge is -2.16. The number of hydrogen-bond donors (Lipinski definition) is 1. The molecule has 1 atom stereocenters. The summed E-state index contributed by atoms with van der Waals surface area (Å²) >= 11 is 3.33.